The zero-order chi connectivity index (χ0) is 20.5. The second kappa shape index (κ2) is 10.0. The smallest absolute Gasteiger partial charge is 0.354 e. The van der Waals surface area contributed by atoms with Crippen LogP contribution in [0.2, 0.25) is 0 Å². The molecule has 1 aromatic rings. The summed E-state index contributed by atoms with van der Waals surface area (Å²) in [7, 11) is 1.54. The van der Waals surface area contributed by atoms with Gasteiger partial charge >= 0.3 is 11.9 Å². The molecule has 1 aliphatic rings. The van der Waals surface area contributed by atoms with Crippen LogP contribution in [0.5, 0.6) is 11.5 Å². The van der Waals surface area contributed by atoms with Crippen molar-refractivity contribution in [2.24, 2.45) is 0 Å². The molecule has 0 saturated carbocycles. The monoisotopic (exact) mass is 386 g/mol. The van der Waals surface area contributed by atoms with Gasteiger partial charge in [0.1, 0.15) is 25.0 Å². The van der Waals surface area contributed by atoms with Crippen LogP contribution in [0.25, 0.3) is 0 Å². The molecule has 0 N–H and O–H groups in total. The first kappa shape index (κ1) is 20.8. The van der Waals surface area contributed by atoms with E-state index < -0.39 is 11.9 Å². The summed E-state index contributed by atoms with van der Waals surface area (Å²) >= 11 is 0. The lowest BCUT2D eigenvalue weighted by Gasteiger charge is -2.18. The highest BCUT2D eigenvalue weighted by molar-refractivity contribution is 5.95. The average Bonchev–Trinajstić information content (AvgIpc) is 3.06. The third-order valence-corrected chi connectivity index (χ3v) is 3.90. The van der Waals surface area contributed by atoms with E-state index in [1.807, 2.05) is 19.1 Å². The van der Waals surface area contributed by atoms with Crippen LogP contribution in [-0.2, 0) is 19.1 Å². The highest BCUT2D eigenvalue weighted by Crippen LogP contribution is 2.42. The van der Waals surface area contributed by atoms with Crippen LogP contribution in [0.3, 0.4) is 0 Å². The quantitative estimate of drug-likeness (QED) is 0.276. The zero-order valence-corrected chi connectivity index (χ0v) is 15.9. The molecule has 1 aromatic carbocycles. The molecule has 148 valence electrons. The van der Waals surface area contributed by atoms with Gasteiger partial charge in [-0.2, -0.15) is 5.26 Å². The van der Waals surface area contributed by atoms with Crippen molar-refractivity contribution in [2.75, 3.05) is 31.8 Å². The van der Waals surface area contributed by atoms with Crippen molar-refractivity contribution in [1.29, 1.82) is 5.26 Å². The summed E-state index contributed by atoms with van der Waals surface area (Å²) in [5, 5.41) is 9.52. The minimum atomic E-state index is -0.853. The molecule has 0 atom stereocenters. The minimum absolute atomic E-state index is 0.118. The first-order chi connectivity index (χ1) is 13.5. The van der Waals surface area contributed by atoms with Crippen LogP contribution in [0.1, 0.15) is 19.8 Å². The number of nitrogens with zero attached hydrogens (tertiary/aromatic N) is 2. The summed E-state index contributed by atoms with van der Waals surface area (Å²) in [6.07, 6.45) is 2.77. The molecule has 0 spiro atoms. The van der Waals surface area contributed by atoms with Gasteiger partial charge in [0.25, 0.3) is 0 Å². The summed E-state index contributed by atoms with van der Waals surface area (Å²) in [4.78, 5) is 25.1. The minimum Gasteiger partial charge on any atom is -0.497 e. The van der Waals surface area contributed by atoms with Crippen LogP contribution in [0.15, 0.2) is 42.3 Å². The van der Waals surface area contributed by atoms with E-state index in [2.05, 4.69) is 6.58 Å². The Kier molecular flexibility index (Phi) is 7.45. The molecule has 0 bridgehead atoms. The van der Waals surface area contributed by atoms with E-state index in [0.717, 1.165) is 24.6 Å². The molecular weight excluding hydrogens is 364 g/mol. The number of esters is 2. The number of nitriles is 1. The molecule has 2 rings (SSSR count). The van der Waals surface area contributed by atoms with Gasteiger partial charge in [0.15, 0.2) is 11.3 Å². The predicted octanol–water partition coefficient (Wildman–Crippen LogP) is 2.70. The Bertz CT molecular complexity index is 824. The Hall–Kier alpha value is -3.47. The summed E-state index contributed by atoms with van der Waals surface area (Å²) in [6.45, 7) is 5.56. The molecule has 0 aliphatic carbocycles. The lowest BCUT2D eigenvalue weighted by Crippen LogP contribution is -2.26. The SMILES string of the molecule is C=CC(=O)OCCOC(=O)C(C#N)=C1Oc2cc(OC)ccc2N1CCCC. The van der Waals surface area contributed by atoms with Crippen molar-refractivity contribution in [1.82, 2.24) is 0 Å². The number of benzene rings is 1. The third kappa shape index (κ3) is 4.82. The Morgan fingerprint density at radius 1 is 1.32 bits per heavy atom. The summed E-state index contributed by atoms with van der Waals surface area (Å²) < 4.78 is 20.8. The van der Waals surface area contributed by atoms with Crippen molar-refractivity contribution >= 4 is 17.6 Å². The van der Waals surface area contributed by atoms with Gasteiger partial charge in [-0.15, -0.1) is 0 Å². The molecule has 0 fully saturated rings. The number of hydrogen-bond donors (Lipinski definition) is 0. The molecule has 8 nitrogen and oxygen atoms in total. The van der Waals surface area contributed by atoms with Crippen LogP contribution in [0, 0.1) is 11.3 Å². The van der Waals surface area contributed by atoms with E-state index in [1.165, 1.54) is 0 Å². The molecule has 28 heavy (non-hydrogen) atoms. The number of hydrogen-bond acceptors (Lipinski definition) is 8. The first-order valence-electron chi connectivity index (χ1n) is 8.79. The first-order valence-corrected chi connectivity index (χ1v) is 8.79. The third-order valence-electron chi connectivity index (χ3n) is 3.90. The Labute approximate surface area is 163 Å². The Morgan fingerprint density at radius 3 is 2.71 bits per heavy atom. The summed E-state index contributed by atoms with van der Waals surface area (Å²) in [5.74, 6) is -0.267. The van der Waals surface area contributed by atoms with Gasteiger partial charge < -0.3 is 23.8 Å². The number of methoxy groups -OCH3 is 1. The predicted molar refractivity (Wildman–Crippen MR) is 101 cm³/mol. The van der Waals surface area contributed by atoms with Crippen LogP contribution < -0.4 is 14.4 Å². The van der Waals surface area contributed by atoms with Crippen LogP contribution in [0.4, 0.5) is 5.69 Å². The van der Waals surface area contributed by atoms with Crippen molar-refractivity contribution in [3.63, 3.8) is 0 Å². The molecule has 0 unspecified atom stereocenters. The van der Waals surface area contributed by atoms with E-state index >= 15 is 0 Å². The van der Waals surface area contributed by atoms with Gasteiger partial charge in [0.05, 0.1) is 12.8 Å². The number of carbonyl (C=O) groups excluding carboxylic acids is 2. The van der Waals surface area contributed by atoms with Crippen LogP contribution >= 0.6 is 0 Å². The number of fused-ring (bicyclic) bond motifs is 1. The second-order valence-electron chi connectivity index (χ2n) is 5.74. The molecule has 0 saturated heterocycles. The number of anilines is 1. The highest BCUT2D eigenvalue weighted by Gasteiger charge is 2.32. The fourth-order valence-electron chi connectivity index (χ4n) is 2.51. The number of carbonyl (C=O) groups is 2. The maximum Gasteiger partial charge on any atom is 0.354 e. The average molecular weight is 386 g/mol. The van der Waals surface area contributed by atoms with E-state index in [1.54, 1.807) is 24.1 Å². The maximum atomic E-state index is 12.4. The lowest BCUT2D eigenvalue weighted by molar-refractivity contribution is -0.146. The Morgan fingerprint density at radius 2 is 2.07 bits per heavy atom. The molecule has 1 heterocycles. The topological polar surface area (TPSA) is 98.1 Å². The zero-order valence-electron chi connectivity index (χ0n) is 15.9. The number of rotatable bonds is 9. The van der Waals surface area contributed by atoms with E-state index in [0.29, 0.717) is 18.0 Å². The van der Waals surface area contributed by atoms with Gasteiger partial charge in [-0.3, -0.25) is 0 Å². The van der Waals surface area contributed by atoms with E-state index in [-0.39, 0.29) is 24.7 Å². The van der Waals surface area contributed by atoms with Crippen molar-refractivity contribution in [3.8, 4) is 17.6 Å². The normalized spacial score (nSPS) is 13.7. The second-order valence-corrected chi connectivity index (χ2v) is 5.74. The number of unbranched alkanes of at least 4 members (excludes halogenated alkanes) is 1. The molecule has 0 amide bonds. The lowest BCUT2D eigenvalue weighted by atomic mass is 10.2. The summed E-state index contributed by atoms with van der Waals surface area (Å²) in [6, 6.07) is 7.14. The van der Waals surface area contributed by atoms with Gasteiger partial charge in [0.2, 0.25) is 5.88 Å². The molecular formula is C20H22N2O6. The Balaban J connectivity index is 2.22. The molecule has 1 aliphatic heterocycles. The van der Waals surface area contributed by atoms with Crippen molar-refractivity contribution in [2.45, 2.75) is 19.8 Å². The largest absolute Gasteiger partial charge is 0.497 e. The molecule has 0 aromatic heterocycles. The van der Waals surface area contributed by atoms with Gasteiger partial charge in [0, 0.05) is 18.7 Å². The summed E-state index contributed by atoms with van der Waals surface area (Å²) in [5.41, 5.74) is 0.478. The highest BCUT2D eigenvalue weighted by atomic mass is 16.6. The van der Waals surface area contributed by atoms with Crippen molar-refractivity contribution in [3.05, 3.63) is 42.3 Å². The van der Waals surface area contributed by atoms with E-state index in [4.69, 9.17) is 18.9 Å². The van der Waals surface area contributed by atoms with Gasteiger partial charge in [-0.05, 0) is 18.6 Å². The maximum absolute atomic E-state index is 12.4. The molecule has 8 heteroatoms. The fraction of sp³-hybridized carbons (Fsp3) is 0.350. The van der Waals surface area contributed by atoms with E-state index in [9.17, 15) is 14.9 Å². The number of ether oxygens (including phenoxy) is 4. The van der Waals surface area contributed by atoms with Crippen molar-refractivity contribution < 1.29 is 28.5 Å². The fourth-order valence-corrected chi connectivity index (χ4v) is 2.51. The van der Waals surface area contributed by atoms with Crippen LogP contribution in [-0.4, -0.2) is 38.8 Å². The standard InChI is InChI=1S/C20H22N2O6/c1-4-6-9-22-16-8-7-14(25-3)12-17(16)28-19(22)15(13-21)20(24)27-11-10-26-18(23)5-2/h5,7-8,12H,2,4,6,9-11H2,1,3H3. The van der Waals surface area contributed by atoms with Gasteiger partial charge in [-0.1, -0.05) is 19.9 Å². The molecule has 0 radical (unpaired) electrons. The van der Waals surface area contributed by atoms with Gasteiger partial charge in [-0.25, -0.2) is 9.59 Å².